The number of carbonyl (C=O) groups is 2. The summed E-state index contributed by atoms with van der Waals surface area (Å²) in [5.41, 5.74) is 0. The molecule has 1 fully saturated rings. The Morgan fingerprint density at radius 2 is 1.79 bits per heavy atom. The molecule has 0 saturated carbocycles. The molecule has 0 aliphatic carbocycles. The summed E-state index contributed by atoms with van der Waals surface area (Å²) in [6.07, 6.45) is 1.25. The Bertz CT molecular complexity index is 989. The van der Waals surface area contributed by atoms with E-state index in [2.05, 4.69) is 32.4 Å². The van der Waals surface area contributed by atoms with Gasteiger partial charge in [0, 0.05) is 38.0 Å². The maximum Gasteiger partial charge on any atom is 0.345 e. The number of hydrogen-bond donors (Lipinski definition) is 1. The number of nitrogens with zero attached hydrogens (tertiary/aromatic N) is 3. The first-order chi connectivity index (χ1) is 13.6. The molecule has 0 bridgehead atoms. The molecule has 1 aliphatic heterocycles. The van der Waals surface area contributed by atoms with Crippen LogP contribution in [-0.2, 0) is 0 Å². The Labute approximate surface area is 171 Å². The normalized spacial score (nSPS) is 15.2. The SMILES string of the molecule is O=C(O)c1ccc(C(=O)CCCN2CCN(c3nsc4ccccc34)CC2)s1. The highest BCUT2D eigenvalue weighted by Crippen LogP contribution is 2.29. The number of piperazine rings is 1. The average molecular weight is 416 g/mol. The number of carboxylic acids is 1. The molecule has 0 atom stereocenters. The second kappa shape index (κ2) is 8.38. The van der Waals surface area contributed by atoms with Crippen LogP contribution in [0.2, 0.25) is 0 Å². The molecular weight excluding hydrogens is 394 g/mol. The predicted molar refractivity (Wildman–Crippen MR) is 113 cm³/mol. The van der Waals surface area contributed by atoms with Crippen molar-refractivity contribution in [3.05, 3.63) is 46.2 Å². The van der Waals surface area contributed by atoms with E-state index in [1.165, 1.54) is 16.2 Å². The number of rotatable bonds is 7. The van der Waals surface area contributed by atoms with E-state index in [0.717, 1.165) is 56.3 Å². The van der Waals surface area contributed by atoms with E-state index in [0.29, 0.717) is 11.3 Å². The third-order valence-electron chi connectivity index (χ3n) is 5.00. The summed E-state index contributed by atoms with van der Waals surface area (Å²) in [6, 6.07) is 11.5. The summed E-state index contributed by atoms with van der Waals surface area (Å²) in [6.45, 7) is 4.68. The van der Waals surface area contributed by atoms with Crippen LogP contribution in [0.25, 0.3) is 10.1 Å². The molecule has 28 heavy (non-hydrogen) atoms. The van der Waals surface area contributed by atoms with Gasteiger partial charge >= 0.3 is 5.97 Å². The van der Waals surface area contributed by atoms with Gasteiger partial charge in [-0.25, -0.2) is 4.79 Å². The number of Topliss-reactive ketones (excluding diaryl/α,β-unsaturated/α-hetero) is 1. The Morgan fingerprint density at radius 3 is 2.54 bits per heavy atom. The maximum atomic E-state index is 12.2. The van der Waals surface area contributed by atoms with Crippen molar-refractivity contribution < 1.29 is 14.7 Å². The fourth-order valence-electron chi connectivity index (χ4n) is 3.47. The summed E-state index contributed by atoms with van der Waals surface area (Å²) >= 11 is 2.61. The number of carboxylic acid groups (broad SMARTS) is 1. The number of ketones is 1. The minimum Gasteiger partial charge on any atom is -0.477 e. The van der Waals surface area contributed by atoms with Gasteiger partial charge in [-0.2, -0.15) is 4.37 Å². The molecule has 0 spiro atoms. The minimum atomic E-state index is -0.977. The largest absolute Gasteiger partial charge is 0.477 e. The maximum absolute atomic E-state index is 12.2. The van der Waals surface area contributed by atoms with E-state index in [1.807, 2.05) is 6.07 Å². The van der Waals surface area contributed by atoms with Crippen LogP contribution >= 0.6 is 22.9 Å². The van der Waals surface area contributed by atoms with Gasteiger partial charge in [0.05, 0.1) is 9.58 Å². The molecule has 1 N–H and O–H groups in total. The van der Waals surface area contributed by atoms with Gasteiger partial charge in [-0.3, -0.25) is 9.69 Å². The third-order valence-corrected chi connectivity index (χ3v) is 6.93. The van der Waals surface area contributed by atoms with E-state index in [-0.39, 0.29) is 10.7 Å². The van der Waals surface area contributed by atoms with Crippen LogP contribution in [-0.4, -0.2) is 58.9 Å². The first-order valence-electron chi connectivity index (χ1n) is 9.30. The zero-order valence-corrected chi connectivity index (χ0v) is 17.0. The molecule has 1 aromatic carbocycles. The number of aromatic carboxylic acids is 1. The molecule has 4 rings (SSSR count). The van der Waals surface area contributed by atoms with Crippen molar-refractivity contribution in [2.75, 3.05) is 37.6 Å². The Morgan fingerprint density at radius 1 is 1.04 bits per heavy atom. The second-order valence-electron chi connectivity index (χ2n) is 6.83. The molecule has 3 aromatic rings. The molecule has 146 valence electrons. The van der Waals surface area contributed by atoms with Gasteiger partial charge in [0.2, 0.25) is 0 Å². The lowest BCUT2D eigenvalue weighted by atomic mass is 10.1. The van der Waals surface area contributed by atoms with Crippen LogP contribution in [0.3, 0.4) is 0 Å². The van der Waals surface area contributed by atoms with Gasteiger partial charge in [-0.05, 0) is 48.8 Å². The average Bonchev–Trinajstić information content (AvgIpc) is 3.36. The standard InChI is InChI=1S/C20H21N3O3S2/c24-15(17-7-8-18(27-17)20(25)26)5-3-9-22-10-12-23(13-11-22)19-14-4-1-2-6-16(14)28-21-19/h1-2,4,6-8H,3,5,9-13H2,(H,25,26). The van der Waals surface area contributed by atoms with E-state index in [4.69, 9.17) is 5.11 Å². The second-order valence-corrected chi connectivity index (χ2v) is 8.72. The van der Waals surface area contributed by atoms with Crippen molar-refractivity contribution in [3.8, 4) is 0 Å². The quantitative estimate of drug-likeness (QED) is 0.591. The highest BCUT2D eigenvalue weighted by atomic mass is 32.1. The fraction of sp³-hybridized carbons (Fsp3) is 0.350. The van der Waals surface area contributed by atoms with Crippen molar-refractivity contribution in [1.29, 1.82) is 0 Å². The Hall–Kier alpha value is -2.29. The molecule has 3 heterocycles. The van der Waals surface area contributed by atoms with Gasteiger partial charge in [0.15, 0.2) is 5.78 Å². The summed E-state index contributed by atoms with van der Waals surface area (Å²) < 4.78 is 5.86. The first kappa shape index (κ1) is 19.0. The van der Waals surface area contributed by atoms with Crippen LogP contribution in [0, 0.1) is 0 Å². The lowest BCUT2D eigenvalue weighted by Crippen LogP contribution is -2.46. The van der Waals surface area contributed by atoms with Crippen LogP contribution in [0.1, 0.15) is 32.2 Å². The topological polar surface area (TPSA) is 73.7 Å². The zero-order chi connectivity index (χ0) is 19.5. The van der Waals surface area contributed by atoms with Gasteiger partial charge in [0.1, 0.15) is 10.7 Å². The summed E-state index contributed by atoms with van der Waals surface area (Å²) in [4.78, 5) is 28.7. The predicted octanol–water partition coefficient (Wildman–Crippen LogP) is 3.84. The molecule has 1 saturated heterocycles. The smallest absolute Gasteiger partial charge is 0.345 e. The number of fused-ring (bicyclic) bond motifs is 1. The zero-order valence-electron chi connectivity index (χ0n) is 15.3. The van der Waals surface area contributed by atoms with Crippen LogP contribution in [0.4, 0.5) is 5.82 Å². The highest BCUT2D eigenvalue weighted by Gasteiger charge is 2.21. The van der Waals surface area contributed by atoms with Crippen molar-refractivity contribution in [3.63, 3.8) is 0 Å². The van der Waals surface area contributed by atoms with E-state index in [9.17, 15) is 9.59 Å². The molecule has 0 unspecified atom stereocenters. The van der Waals surface area contributed by atoms with E-state index < -0.39 is 5.97 Å². The molecule has 0 radical (unpaired) electrons. The number of aromatic nitrogens is 1. The molecule has 6 nitrogen and oxygen atoms in total. The van der Waals surface area contributed by atoms with Gasteiger partial charge in [-0.1, -0.05) is 12.1 Å². The fourth-order valence-corrected chi connectivity index (χ4v) is 5.08. The Balaban J connectivity index is 1.24. The number of benzene rings is 1. The van der Waals surface area contributed by atoms with Gasteiger partial charge < -0.3 is 10.0 Å². The number of anilines is 1. The third kappa shape index (κ3) is 4.09. The van der Waals surface area contributed by atoms with Gasteiger partial charge in [-0.15, -0.1) is 11.3 Å². The van der Waals surface area contributed by atoms with Crippen molar-refractivity contribution >= 4 is 50.5 Å². The lowest BCUT2D eigenvalue weighted by molar-refractivity contribution is 0.0702. The van der Waals surface area contributed by atoms with E-state index in [1.54, 1.807) is 17.6 Å². The van der Waals surface area contributed by atoms with Crippen molar-refractivity contribution in [2.24, 2.45) is 0 Å². The van der Waals surface area contributed by atoms with Crippen LogP contribution < -0.4 is 4.90 Å². The number of carbonyl (C=O) groups excluding carboxylic acids is 1. The summed E-state index contributed by atoms with van der Waals surface area (Å²) in [7, 11) is 0. The van der Waals surface area contributed by atoms with Crippen LogP contribution in [0.15, 0.2) is 36.4 Å². The summed E-state index contributed by atoms with van der Waals surface area (Å²) in [5.74, 6) is 0.141. The van der Waals surface area contributed by atoms with Crippen LogP contribution in [0.5, 0.6) is 0 Å². The van der Waals surface area contributed by atoms with Crippen molar-refractivity contribution in [1.82, 2.24) is 9.27 Å². The molecule has 2 aromatic heterocycles. The number of hydrogen-bond acceptors (Lipinski definition) is 7. The Kier molecular flexibility index (Phi) is 5.70. The van der Waals surface area contributed by atoms with Crippen molar-refractivity contribution in [2.45, 2.75) is 12.8 Å². The molecule has 8 heteroatoms. The monoisotopic (exact) mass is 415 g/mol. The molecule has 0 amide bonds. The highest BCUT2D eigenvalue weighted by molar-refractivity contribution is 7.15. The lowest BCUT2D eigenvalue weighted by Gasteiger charge is -2.35. The summed E-state index contributed by atoms with van der Waals surface area (Å²) in [5, 5.41) is 10.2. The molecular formula is C20H21N3O3S2. The minimum absolute atomic E-state index is 0.0325. The van der Waals surface area contributed by atoms with Gasteiger partial charge in [0.25, 0.3) is 0 Å². The molecule has 1 aliphatic rings. The number of thiophene rings is 1. The van der Waals surface area contributed by atoms with E-state index >= 15 is 0 Å². The first-order valence-corrected chi connectivity index (χ1v) is 10.9.